The second-order valence-corrected chi connectivity index (χ2v) is 5.50. The summed E-state index contributed by atoms with van der Waals surface area (Å²) in [5, 5.41) is 7.37. The van der Waals surface area contributed by atoms with E-state index in [4.69, 9.17) is 4.74 Å². The van der Waals surface area contributed by atoms with Crippen molar-refractivity contribution in [3.8, 4) is 11.4 Å². The lowest BCUT2D eigenvalue weighted by Crippen LogP contribution is -2.23. The lowest BCUT2D eigenvalue weighted by atomic mass is 10.1. The Morgan fingerprint density at radius 1 is 1.12 bits per heavy atom. The van der Waals surface area contributed by atoms with Gasteiger partial charge in [-0.25, -0.2) is 13.6 Å². The maximum atomic E-state index is 13.4. The second-order valence-electron chi connectivity index (χ2n) is 5.50. The molecule has 0 unspecified atom stereocenters. The number of aromatic nitrogens is 4. The van der Waals surface area contributed by atoms with E-state index in [0.717, 1.165) is 14.9 Å². The summed E-state index contributed by atoms with van der Waals surface area (Å²) < 4.78 is 34.6. The Morgan fingerprint density at radius 2 is 1.88 bits per heavy atom. The van der Waals surface area contributed by atoms with E-state index in [-0.39, 0.29) is 23.4 Å². The molecule has 0 aliphatic carbocycles. The molecule has 3 rings (SSSR count). The molecule has 0 N–H and O–H groups in total. The molecule has 0 bridgehead atoms. The number of rotatable bonds is 5. The second kappa shape index (κ2) is 6.84. The Balaban J connectivity index is 2.05. The Morgan fingerprint density at radius 3 is 2.52 bits per heavy atom. The van der Waals surface area contributed by atoms with Gasteiger partial charge in [0.05, 0.1) is 5.69 Å². The van der Waals surface area contributed by atoms with Gasteiger partial charge in [-0.15, -0.1) is 0 Å². The first-order valence-corrected chi connectivity index (χ1v) is 7.56. The van der Waals surface area contributed by atoms with Crippen LogP contribution < -0.4 is 10.4 Å². The van der Waals surface area contributed by atoms with E-state index in [1.807, 2.05) is 19.1 Å². The molecule has 2 aromatic carbocycles. The van der Waals surface area contributed by atoms with Crippen LogP contribution in [-0.4, -0.2) is 19.8 Å². The van der Waals surface area contributed by atoms with Gasteiger partial charge in [0.1, 0.15) is 12.4 Å². The zero-order chi connectivity index (χ0) is 18.0. The molecule has 3 aromatic rings. The van der Waals surface area contributed by atoms with Crippen LogP contribution in [0.2, 0.25) is 0 Å². The highest BCUT2D eigenvalue weighted by molar-refractivity contribution is 5.46. The van der Waals surface area contributed by atoms with Crippen LogP contribution in [0.5, 0.6) is 5.75 Å². The summed E-state index contributed by atoms with van der Waals surface area (Å²) in [4.78, 5) is 12.1. The summed E-state index contributed by atoms with van der Waals surface area (Å²) >= 11 is 0. The van der Waals surface area contributed by atoms with Crippen molar-refractivity contribution >= 4 is 0 Å². The monoisotopic (exact) mass is 346 g/mol. The van der Waals surface area contributed by atoms with Gasteiger partial charge in [-0.3, -0.25) is 0 Å². The summed E-state index contributed by atoms with van der Waals surface area (Å²) in [5.41, 5.74) is 0.579. The van der Waals surface area contributed by atoms with Crippen LogP contribution in [0.4, 0.5) is 8.78 Å². The van der Waals surface area contributed by atoms with Crippen LogP contribution in [0.3, 0.4) is 0 Å². The van der Waals surface area contributed by atoms with Crippen molar-refractivity contribution in [3.05, 3.63) is 69.6 Å². The van der Waals surface area contributed by atoms with E-state index in [1.54, 1.807) is 18.2 Å². The van der Waals surface area contributed by atoms with E-state index in [2.05, 4.69) is 10.4 Å². The van der Waals surface area contributed by atoms with E-state index in [1.165, 1.54) is 19.2 Å². The van der Waals surface area contributed by atoms with Gasteiger partial charge in [0.15, 0.2) is 0 Å². The lowest BCUT2D eigenvalue weighted by molar-refractivity contribution is 0.148. The Hall–Kier alpha value is -3.03. The minimum absolute atomic E-state index is 0.121. The quantitative estimate of drug-likeness (QED) is 0.713. The third kappa shape index (κ3) is 3.28. The number of hydrogen-bond acceptors (Lipinski definition) is 4. The predicted octanol–water partition coefficient (Wildman–Crippen LogP) is 2.79. The third-order valence-corrected chi connectivity index (χ3v) is 3.84. The van der Waals surface area contributed by atoms with Crippen LogP contribution in [0.15, 0.2) is 47.3 Å². The fourth-order valence-corrected chi connectivity index (χ4v) is 2.49. The van der Waals surface area contributed by atoms with E-state index in [9.17, 15) is 13.6 Å². The van der Waals surface area contributed by atoms with Gasteiger partial charge < -0.3 is 4.74 Å². The van der Waals surface area contributed by atoms with Gasteiger partial charge in [-0.1, -0.05) is 30.3 Å². The van der Waals surface area contributed by atoms with Crippen molar-refractivity contribution in [3.63, 3.8) is 0 Å². The molecular weight excluding hydrogens is 330 g/mol. The summed E-state index contributed by atoms with van der Waals surface area (Å²) in [6.07, 6.45) is -2.71. The summed E-state index contributed by atoms with van der Waals surface area (Å²) in [7, 11) is 1.44. The molecule has 0 amide bonds. The number of halogens is 2. The molecule has 0 radical (unpaired) electrons. The van der Waals surface area contributed by atoms with Crippen LogP contribution >= 0.6 is 0 Å². The molecule has 0 atom stereocenters. The number of tetrazole rings is 1. The Labute approximate surface area is 142 Å². The smallest absolute Gasteiger partial charge is 0.368 e. The van der Waals surface area contributed by atoms with Crippen molar-refractivity contribution in [2.45, 2.75) is 20.0 Å². The molecule has 0 aliphatic rings. The topological polar surface area (TPSA) is 61.9 Å². The molecule has 1 heterocycles. The Bertz CT molecular complexity index is 950. The zero-order valence-electron chi connectivity index (χ0n) is 13.7. The number of alkyl halides is 2. The van der Waals surface area contributed by atoms with Crippen LogP contribution in [0, 0.1) is 6.92 Å². The van der Waals surface area contributed by atoms with Crippen molar-refractivity contribution in [1.82, 2.24) is 19.8 Å². The van der Waals surface area contributed by atoms with E-state index in [0.29, 0.717) is 5.75 Å². The average molecular weight is 346 g/mol. The zero-order valence-corrected chi connectivity index (χ0v) is 13.7. The summed E-state index contributed by atoms with van der Waals surface area (Å²) in [6.45, 7) is 1.74. The Kier molecular flexibility index (Phi) is 4.60. The van der Waals surface area contributed by atoms with Crippen LogP contribution in [-0.2, 0) is 13.7 Å². The molecule has 1 aromatic heterocycles. The minimum atomic E-state index is -2.71. The van der Waals surface area contributed by atoms with E-state index >= 15 is 0 Å². The maximum Gasteiger partial charge on any atom is 0.368 e. The first-order valence-electron chi connectivity index (χ1n) is 7.56. The summed E-state index contributed by atoms with van der Waals surface area (Å²) in [5.74, 6) is 0.587. The number of ether oxygens (including phenoxy) is 1. The molecule has 6 nitrogen and oxygen atoms in total. The first kappa shape index (κ1) is 16.8. The molecule has 0 aliphatic heterocycles. The number of para-hydroxylation sites is 1. The molecule has 25 heavy (non-hydrogen) atoms. The largest absolute Gasteiger partial charge is 0.489 e. The van der Waals surface area contributed by atoms with Crippen molar-refractivity contribution in [1.29, 1.82) is 0 Å². The maximum absolute atomic E-state index is 13.4. The molecule has 0 saturated carbocycles. The van der Waals surface area contributed by atoms with Gasteiger partial charge in [0, 0.05) is 18.2 Å². The van der Waals surface area contributed by atoms with Crippen molar-refractivity contribution in [2.75, 3.05) is 0 Å². The van der Waals surface area contributed by atoms with Crippen LogP contribution in [0.1, 0.15) is 23.1 Å². The van der Waals surface area contributed by atoms with Crippen molar-refractivity contribution in [2.24, 2.45) is 7.05 Å². The highest BCUT2D eigenvalue weighted by Crippen LogP contribution is 2.28. The lowest BCUT2D eigenvalue weighted by Gasteiger charge is -2.15. The molecule has 0 fully saturated rings. The minimum Gasteiger partial charge on any atom is -0.489 e. The number of hydrogen-bond donors (Lipinski definition) is 0. The van der Waals surface area contributed by atoms with Crippen molar-refractivity contribution < 1.29 is 13.5 Å². The molecule has 0 saturated heterocycles. The average Bonchev–Trinajstić information content (AvgIpc) is 2.93. The highest BCUT2D eigenvalue weighted by Gasteiger charge is 2.20. The van der Waals surface area contributed by atoms with E-state index < -0.39 is 12.1 Å². The number of benzene rings is 2. The fourth-order valence-electron chi connectivity index (χ4n) is 2.49. The number of nitrogens with zero attached hydrogens (tertiary/aromatic N) is 4. The molecule has 0 spiro atoms. The van der Waals surface area contributed by atoms with Gasteiger partial charge >= 0.3 is 5.69 Å². The van der Waals surface area contributed by atoms with Gasteiger partial charge in [-0.05, 0) is 35.0 Å². The SMILES string of the molecule is Cc1ccccc1OCc1c(C(F)F)cccc1-n1nnn(C)c1=O. The normalized spacial score (nSPS) is 11.1. The standard InChI is InChI=1S/C17H16F2N4O2/c1-11-6-3-4-9-15(11)25-10-13-12(16(18)19)7-5-8-14(13)23-17(24)22(2)20-21-23/h3-9,16H,10H2,1-2H3. The summed E-state index contributed by atoms with van der Waals surface area (Å²) in [6, 6.07) is 11.6. The highest BCUT2D eigenvalue weighted by atomic mass is 19.3. The van der Waals surface area contributed by atoms with Gasteiger partial charge in [0.25, 0.3) is 6.43 Å². The predicted molar refractivity (Wildman–Crippen MR) is 87.1 cm³/mol. The van der Waals surface area contributed by atoms with Crippen LogP contribution in [0.25, 0.3) is 5.69 Å². The first-order chi connectivity index (χ1) is 12.0. The molecule has 8 heteroatoms. The molecule has 130 valence electrons. The molecular formula is C17H16F2N4O2. The number of aryl methyl sites for hydroxylation is 2. The van der Waals surface area contributed by atoms with Gasteiger partial charge in [-0.2, -0.15) is 9.36 Å². The fraction of sp³-hybridized carbons (Fsp3) is 0.235. The third-order valence-electron chi connectivity index (χ3n) is 3.84. The van der Waals surface area contributed by atoms with Gasteiger partial charge in [0.2, 0.25) is 0 Å².